The zero-order chi connectivity index (χ0) is 11.5. The van der Waals surface area contributed by atoms with Crippen molar-refractivity contribution in [2.45, 2.75) is 32.4 Å². The van der Waals surface area contributed by atoms with Crippen molar-refractivity contribution in [3.8, 4) is 0 Å². The van der Waals surface area contributed by atoms with Crippen molar-refractivity contribution in [1.29, 1.82) is 0 Å². The molecule has 0 aliphatic heterocycles. The highest BCUT2D eigenvalue weighted by molar-refractivity contribution is 5.09. The van der Waals surface area contributed by atoms with Crippen molar-refractivity contribution in [2.75, 3.05) is 6.54 Å². The van der Waals surface area contributed by atoms with Crippen LogP contribution >= 0.6 is 0 Å². The summed E-state index contributed by atoms with van der Waals surface area (Å²) in [5.41, 5.74) is 0.00883. The Kier molecular flexibility index (Phi) is 3.77. The third-order valence-electron chi connectivity index (χ3n) is 2.03. The molecule has 0 amide bonds. The monoisotopic (exact) mass is 212 g/mol. The highest BCUT2D eigenvalue weighted by atomic mass is 19.1. The molecule has 0 saturated carbocycles. The summed E-state index contributed by atoms with van der Waals surface area (Å²) < 4.78 is 12.6. The minimum Gasteiger partial charge on any atom is -0.389 e. The molecule has 1 rings (SSSR count). The summed E-state index contributed by atoms with van der Waals surface area (Å²) in [4.78, 5) is 3.96. The third kappa shape index (κ3) is 4.36. The molecule has 0 spiro atoms. The molecule has 0 saturated heterocycles. The third-order valence-corrected chi connectivity index (χ3v) is 2.03. The van der Waals surface area contributed by atoms with Gasteiger partial charge in [0.05, 0.1) is 17.5 Å². The fraction of sp³-hybridized carbons (Fsp3) is 0.545. The van der Waals surface area contributed by atoms with Crippen molar-refractivity contribution in [3.63, 3.8) is 0 Å². The van der Waals surface area contributed by atoms with Crippen LogP contribution in [0.3, 0.4) is 0 Å². The van der Waals surface area contributed by atoms with Crippen LogP contribution in [0.1, 0.15) is 32.5 Å². The number of rotatable bonds is 4. The Morgan fingerprint density at radius 3 is 2.67 bits per heavy atom. The van der Waals surface area contributed by atoms with E-state index in [9.17, 15) is 9.50 Å². The molecule has 0 radical (unpaired) electrons. The molecule has 3 nitrogen and oxygen atoms in total. The van der Waals surface area contributed by atoms with E-state index in [0.717, 1.165) is 5.69 Å². The summed E-state index contributed by atoms with van der Waals surface area (Å²) in [6.45, 7) is 5.84. The van der Waals surface area contributed by atoms with E-state index >= 15 is 0 Å². The largest absolute Gasteiger partial charge is 0.389 e. The highest BCUT2D eigenvalue weighted by Gasteiger charge is 2.14. The molecule has 2 N–H and O–H groups in total. The van der Waals surface area contributed by atoms with Crippen molar-refractivity contribution in [2.24, 2.45) is 0 Å². The summed E-state index contributed by atoms with van der Waals surface area (Å²) in [6, 6.07) is 3.01. The van der Waals surface area contributed by atoms with E-state index in [1.165, 1.54) is 12.3 Å². The van der Waals surface area contributed by atoms with Gasteiger partial charge in [-0.05, 0) is 32.9 Å². The second-order valence-electron chi connectivity index (χ2n) is 4.32. The Bertz CT molecular complexity index is 305. The van der Waals surface area contributed by atoms with E-state index in [0.29, 0.717) is 6.54 Å². The summed E-state index contributed by atoms with van der Waals surface area (Å²) in [6.07, 6.45) is 1.19. The van der Waals surface area contributed by atoms with Gasteiger partial charge in [0.1, 0.15) is 5.82 Å². The van der Waals surface area contributed by atoms with Gasteiger partial charge in [-0.1, -0.05) is 0 Å². The molecule has 1 aromatic heterocycles. The average Bonchev–Trinajstić information content (AvgIpc) is 2.14. The van der Waals surface area contributed by atoms with Crippen LogP contribution in [0.25, 0.3) is 0 Å². The van der Waals surface area contributed by atoms with E-state index < -0.39 is 5.60 Å². The number of pyridine rings is 1. The van der Waals surface area contributed by atoms with Gasteiger partial charge < -0.3 is 10.4 Å². The lowest BCUT2D eigenvalue weighted by molar-refractivity contribution is 0.0769. The first kappa shape index (κ1) is 12.1. The lowest BCUT2D eigenvalue weighted by Crippen LogP contribution is -2.36. The summed E-state index contributed by atoms with van der Waals surface area (Å²) in [5.74, 6) is -0.339. The number of hydrogen-bond acceptors (Lipinski definition) is 3. The van der Waals surface area contributed by atoms with Gasteiger partial charge in [-0.3, -0.25) is 4.98 Å². The fourth-order valence-electron chi connectivity index (χ4n) is 1.15. The van der Waals surface area contributed by atoms with Gasteiger partial charge >= 0.3 is 0 Å². The topological polar surface area (TPSA) is 45.1 Å². The average molecular weight is 212 g/mol. The van der Waals surface area contributed by atoms with Crippen molar-refractivity contribution in [1.82, 2.24) is 10.3 Å². The number of nitrogens with zero attached hydrogens (tertiary/aromatic N) is 1. The van der Waals surface area contributed by atoms with Gasteiger partial charge in [0.25, 0.3) is 0 Å². The Morgan fingerprint density at radius 2 is 2.20 bits per heavy atom. The van der Waals surface area contributed by atoms with Gasteiger partial charge in [0.2, 0.25) is 0 Å². The van der Waals surface area contributed by atoms with Crippen molar-refractivity contribution in [3.05, 3.63) is 29.8 Å². The van der Waals surface area contributed by atoms with Crippen LogP contribution in [0.2, 0.25) is 0 Å². The van der Waals surface area contributed by atoms with E-state index in [-0.39, 0.29) is 11.9 Å². The SMILES string of the molecule is CC(NCC(C)(C)O)c1ccc(F)cn1. The number of aromatic nitrogens is 1. The van der Waals surface area contributed by atoms with E-state index in [1.807, 2.05) is 6.92 Å². The van der Waals surface area contributed by atoms with Crippen LogP contribution < -0.4 is 5.32 Å². The second kappa shape index (κ2) is 4.68. The van der Waals surface area contributed by atoms with Gasteiger partial charge in [-0.2, -0.15) is 0 Å². The van der Waals surface area contributed by atoms with Gasteiger partial charge in [0, 0.05) is 12.6 Å². The Hall–Kier alpha value is -1.00. The molecule has 0 bridgehead atoms. The normalized spacial score (nSPS) is 13.9. The lowest BCUT2D eigenvalue weighted by Gasteiger charge is -2.21. The van der Waals surface area contributed by atoms with E-state index in [4.69, 9.17) is 0 Å². The molecule has 1 atom stereocenters. The van der Waals surface area contributed by atoms with Gasteiger partial charge in [-0.15, -0.1) is 0 Å². The van der Waals surface area contributed by atoms with Gasteiger partial charge in [0.15, 0.2) is 0 Å². The van der Waals surface area contributed by atoms with Crippen LogP contribution in [0, 0.1) is 5.82 Å². The predicted octanol–water partition coefficient (Wildman–Crippen LogP) is 1.64. The molecule has 84 valence electrons. The Labute approximate surface area is 89.4 Å². The minimum atomic E-state index is -0.756. The maximum absolute atomic E-state index is 12.6. The maximum Gasteiger partial charge on any atom is 0.141 e. The first-order valence-electron chi connectivity index (χ1n) is 4.96. The van der Waals surface area contributed by atoms with Crippen LogP contribution in [-0.4, -0.2) is 22.2 Å². The van der Waals surface area contributed by atoms with Crippen molar-refractivity contribution < 1.29 is 9.50 Å². The first-order valence-corrected chi connectivity index (χ1v) is 4.96. The minimum absolute atomic E-state index is 0.00275. The molecular formula is C11H17FN2O. The molecule has 1 heterocycles. The number of nitrogens with one attached hydrogen (secondary N) is 1. The zero-order valence-corrected chi connectivity index (χ0v) is 9.29. The highest BCUT2D eigenvalue weighted by Crippen LogP contribution is 2.10. The predicted molar refractivity (Wildman–Crippen MR) is 56.9 cm³/mol. The number of halogens is 1. The van der Waals surface area contributed by atoms with Crippen molar-refractivity contribution >= 4 is 0 Å². The smallest absolute Gasteiger partial charge is 0.141 e. The summed E-state index contributed by atoms with van der Waals surface area (Å²) >= 11 is 0. The molecule has 0 aromatic carbocycles. The van der Waals surface area contributed by atoms with Crippen LogP contribution in [0.5, 0.6) is 0 Å². The maximum atomic E-state index is 12.6. The zero-order valence-electron chi connectivity index (χ0n) is 9.29. The molecule has 4 heteroatoms. The number of hydrogen-bond donors (Lipinski definition) is 2. The summed E-state index contributed by atoms with van der Waals surface area (Å²) in [5, 5.41) is 12.6. The Balaban J connectivity index is 2.54. The summed E-state index contributed by atoms with van der Waals surface area (Å²) in [7, 11) is 0. The van der Waals surface area contributed by atoms with Crippen LogP contribution in [0.4, 0.5) is 4.39 Å². The lowest BCUT2D eigenvalue weighted by atomic mass is 10.1. The molecule has 1 unspecified atom stereocenters. The second-order valence-corrected chi connectivity index (χ2v) is 4.32. The molecule has 1 aromatic rings. The standard InChI is InChI=1S/C11H17FN2O/c1-8(14-7-11(2,3)15)10-5-4-9(12)6-13-10/h4-6,8,14-15H,7H2,1-3H3. The molecule has 0 fully saturated rings. The van der Waals surface area contributed by atoms with E-state index in [2.05, 4.69) is 10.3 Å². The number of aliphatic hydroxyl groups is 1. The fourth-order valence-corrected chi connectivity index (χ4v) is 1.15. The Morgan fingerprint density at radius 1 is 1.53 bits per heavy atom. The van der Waals surface area contributed by atoms with E-state index in [1.54, 1.807) is 19.9 Å². The molecule has 0 aliphatic rings. The molecule has 0 aliphatic carbocycles. The van der Waals surface area contributed by atoms with Crippen LogP contribution in [0.15, 0.2) is 18.3 Å². The quantitative estimate of drug-likeness (QED) is 0.797. The first-order chi connectivity index (χ1) is 6.88. The van der Waals surface area contributed by atoms with Crippen LogP contribution in [-0.2, 0) is 0 Å². The molecular weight excluding hydrogens is 195 g/mol. The van der Waals surface area contributed by atoms with Gasteiger partial charge in [-0.25, -0.2) is 4.39 Å². The molecule has 15 heavy (non-hydrogen) atoms.